The number of nitrogens with zero attached hydrogens (tertiary/aromatic N) is 1. The SMILES string of the molecule is COc1ccc(NN/C(=N/Nc2ccccc2)C(C)=O)cc1. The molecule has 0 saturated heterocycles. The Morgan fingerprint density at radius 1 is 1.00 bits per heavy atom. The van der Waals surface area contributed by atoms with Gasteiger partial charge in [0, 0.05) is 6.92 Å². The van der Waals surface area contributed by atoms with Crippen LogP contribution in [-0.4, -0.2) is 18.7 Å². The number of methoxy groups -OCH3 is 1. The fraction of sp³-hybridized carbons (Fsp3) is 0.125. The second-order valence-electron chi connectivity index (χ2n) is 4.47. The van der Waals surface area contributed by atoms with E-state index in [1.807, 2.05) is 54.6 Å². The Morgan fingerprint density at radius 2 is 1.68 bits per heavy atom. The highest BCUT2D eigenvalue weighted by molar-refractivity contribution is 6.38. The zero-order valence-corrected chi connectivity index (χ0v) is 12.5. The third-order valence-electron chi connectivity index (χ3n) is 2.82. The van der Waals surface area contributed by atoms with Crippen molar-refractivity contribution in [3.05, 3.63) is 54.6 Å². The van der Waals surface area contributed by atoms with E-state index in [4.69, 9.17) is 4.74 Å². The zero-order chi connectivity index (χ0) is 15.8. The minimum Gasteiger partial charge on any atom is -0.497 e. The van der Waals surface area contributed by atoms with Crippen LogP contribution in [0.4, 0.5) is 11.4 Å². The molecule has 0 spiro atoms. The van der Waals surface area contributed by atoms with Crippen molar-refractivity contribution in [3.63, 3.8) is 0 Å². The Morgan fingerprint density at radius 3 is 2.27 bits per heavy atom. The van der Waals surface area contributed by atoms with E-state index in [1.54, 1.807) is 7.11 Å². The Labute approximate surface area is 129 Å². The number of ketones is 1. The molecule has 3 N–H and O–H groups in total. The Hall–Kier alpha value is -3.02. The number of carbonyl (C=O) groups excluding carboxylic acids is 1. The first-order chi connectivity index (χ1) is 10.7. The molecule has 6 heteroatoms. The van der Waals surface area contributed by atoms with E-state index in [0.29, 0.717) is 0 Å². The predicted octanol–water partition coefficient (Wildman–Crippen LogP) is 2.63. The van der Waals surface area contributed by atoms with Gasteiger partial charge in [-0.1, -0.05) is 18.2 Å². The summed E-state index contributed by atoms with van der Waals surface area (Å²) in [6.45, 7) is 1.44. The number of hydrogen-bond acceptors (Lipinski definition) is 5. The number of hydrazine groups is 1. The van der Waals surface area contributed by atoms with Crippen LogP contribution in [0.1, 0.15) is 6.92 Å². The molecule has 114 valence electrons. The van der Waals surface area contributed by atoms with Crippen LogP contribution in [0, 0.1) is 0 Å². The van der Waals surface area contributed by atoms with Crippen molar-refractivity contribution in [2.75, 3.05) is 18.0 Å². The number of benzene rings is 2. The molecule has 2 aromatic carbocycles. The van der Waals surface area contributed by atoms with E-state index in [1.165, 1.54) is 6.92 Å². The molecule has 0 radical (unpaired) electrons. The van der Waals surface area contributed by atoms with Gasteiger partial charge in [0.2, 0.25) is 5.84 Å². The molecule has 22 heavy (non-hydrogen) atoms. The molecule has 6 nitrogen and oxygen atoms in total. The summed E-state index contributed by atoms with van der Waals surface area (Å²) in [6, 6.07) is 16.7. The molecule has 0 bridgehead atoms. The maximum Gasteiger partial charge on any atom is 0.207 e. The molecule has 2 aromatic rings. The number of hydrogen-bond donors (Lipinski definition) is 3. The number of rotatable bonds is 6. The van der Waals surface area contributed by atoms with Crippen molar-refractivity contribution < 1.29 is 9.53 Å². The first-order valence-electron chi connectivity index (χ1n) is 6.75. The molecule has 0 fully saturated rings. The number of para-hydroxylation sites is 1. The van der Waals surface area contributed by atoms with Crippen molar-refractivity contribution in [1.82, 2.24) is 5.43 Å². The van der Waals surface area contributed by atoms with Gasteiger partial charge in [0.1, 0.15) is 5.75 Å². The molecular weight excluding hydrogens is 280 g/mol. The maximum absolute atomic E-state index is 11.6. The topological polar surface area (TPSA) is 74.8 Å². The average Bonchev–Trinajstić information content (AvgIpc) is 2.56. The normalized spacial score (nSPS) is 10.7. The van der Waals surface area contributed by atoms with Crippen LogP contribution in [0.15, 0.2) is 59.7 Å². The van der Waals surface area contributed by atoms with E-state index in [-0.39, 0.29) is 11.6 Å². The van der Waals surface area contributed by atoms with Crippen molar-refractivity contribution >= 4 is 23.0 Å². The lowest BCUT2D eigenvalue weighted by Crippen LogP contribution is -2.35. The van der Waals surface area contributed by atoms with Gasteiger partial charge in [-0.15, -0.1) is 0 Å². The molecule has 0 amide bonds. The Balaban J connectivity index is 1.97. The van der Waals surface area contributed by atoms with Gasteiger partial charge in [-0.25, -0.2) is 0 Å². The van der Waals surface area contributed by atoms with Crippen molar-refractivity contribution in [3.8, 4) is 5.75 Å². The highest BCUT2D eigenvalue weighted by atomic mass is 16.5. The standard InChI is InChI=1S/C16H18N4O2/c1-12(21)16(19-17-13-6-4-3-5-7-13)20-18-14-8-10-15(22-2)11-9-14/h3-11,17-18H,1-2H3,(H,19,20). The first kappa shape index (κ1) is 15.4. The summed E-state index contributed by atoms with van der Waals surface area (Å²) >= 11 is 0. The maximum atomic E-state index is 11.6. The van der Waals surface area contributed by atoms with E-state index < -0.39 is 0 Å². The lowest BCUT2D eigenvalue weighted by Gasteiger charge is -2.11. The summed E-state index contributed by atoms with van der Waals surface area (Å²) < 4.78 is 5.08. The summed E-state index contributed by atoms with van der Waals surface area (Å²) in [5.41, 5.74) is 10.1. The first-order valence-corrected chi connectivity index (χ1v) is 6.75. The molecule has 0 heterocycles. The van der Waals surface area contributed by atoms with Gasteiger partial charge >= 0.3 is 0 Å². The number of hydrazone groups is 1. The van der Waals surface area contributed by atoms with Crippen molar-refractivity contribution in [2.45, 2.75) is 6.92 Å². The molecule has 0 saturated carbocycles. The highest BCUT2D eigenvalue weighted by Gasteiger charge is 2.05. The van der Waals surface area contributed by atoms with E-state index in [9.17, 15) is 4.79 Å². The van der Waals surface area contributed by atoms with Crippen LogP contribution in [0.25, 0.3) is 0 Å². The fourth-order valence-corrected chi connectivity index (χ4v) is 1.63. The monoisotopic (exact) mass is 298 g/mol. The van der Waals surface area contributed by atoms with Crippen molar-refractivity contribution in [1.29, 1.82) is 0 Å². The molecule has 0 aliphatic carbocycles. The van der Waals surface area contributed by atoms with Crippen LogP contribution < -0.4 is 21.0 Å². The van der Waals surface area contributed by atoms with Gasteiger partial charge in [-0.2, -0.15) is 5.10 Å². The molecule has 0 aliphatic heterocycles. The van der Waals surface area contributed by atoms with Crippen LogP contribution in [0.5, 0.6) is 5.75 Å². The zero-order valence-electron chi connectivity index (χ0n) is 12.5. The molecule has 0 aromatic heterocycles. The van der Waals surface area contributed by atoms with Gasteiger partial charge in [-0.05, 0) is 36.4 Å². The minimum absolute atomic E-state index is 0.180. The minimum atomic E-state index is -0.190. The second kappa shape index (κ2) is 7.68. The quantitative estimate of drug-likeness (QED) is 0.434. The highest BCUT2D eigenvalue weighted by Crippen LogP contribution is 2.14. The summed E-state index contributed by atoms with van der Waals surface area (Å²) in [6.07, 6.45) is 0. The van der Waals surface area contributed by atoms with E-state index in [2.05, 4.69) is 21.4 Å². The number of ether oxygens (including phenoxy) is 1. The number of Topliss-reactive ketones (excluding diaryl/α,β-unsaturated/α-hetero) is 1. The molecule has 0 unspecified atom stereocenters. The van der Waals surface area contributed by atoms with Gasteiger partial charge in [0.25, 0.3) is 0 Å². The lowest BCUT2D eigenvalue weighted by atomic mass is 10.3. The average molecular weight is 298 g/mol. The second-order valence-corrected chi connectivity index (χ2v) is 4.47. The Kier molecular flexibility index (Phi) is 5.37. The summed E-state index contributed by atoms with van der Waals surface area (Å²) in [5, 5.41) is 4.06. The number of carbonyl (C=O) groups is 1. The van der Waals surface area contributed by atoms with E-state index >= 15 is 0 Å². The van der Waals surface area contributed by atoms with Gasteiger partial charge < -0.3 is 4.74 Å². The van der Waals surface area contributed by atoms with Crippen molar-refractivity contribution in [2.24, 2.45) is 5.10 Å². The molecule has 0 aliphatic rings. The molecule has 0 atom stereocenters. The third kappa shape index (κ3) is 4.52. The number of nitrogens with one attached hydrogen (secondary N) is 3. The molecular formula is C16H18N4O2. The van der Waals surface area contributed by atoms with Gasteiger partial charge in [0.15, 0.2) is 5.78 Å². The lowest BCUT2D eigenvalue weighted by molar-refractivity contribution is -0.111. The fourth-order valence-electron chi connectivity index (χ4n) is 1.63. The van der Waals surface area contributed by atoms with E-state index in [0.717, 1.165) is 17.1 Å². The Bertz CT molecular complexity index is 639. The van der Waals surface area contributed by atoms with Crippen LogP contribution in [0.2, 0.25) is 0 Å². The van der Waals surface area contributed by atoms with Crippen LogP contribution >= 0.6 is 0 Å². The number of amidine groups is 1. The molecule has 2 rings (SSSR count). The third-order valence-corrected chi connectivity index (χ3v) is 2.82. The predicted molar refractivity (Wildman–Crippen MR) is 87.9 cm³/mol. The van der Waals surface area contributed by atoms with Crippen LogP contribution in [-0.2, 0) is 4.79 Å². The van der Waals surface area contributed by atoms with Crippen LogP contribution in [0.3, 0.4) is 0 Å². The van der Waals surface area contributed by atoms with Gasteiger partial charge in [-0.3, -0.25) is 21.1 Å². The smallest absolute Gasteiger partial charge is 0.207 e. The summed E-state index contributed by atoms with van der Waals surface area (Å²) in [4.78, 5) is 11.6. The summed E-state index contributed by atoms with van der Waals surface area (Å²) in [5.74, 6) is 0.751. The number of anilines is 2. The largest absolute Gasteiger partial charge is 0.497 e. The summed E-state index contributed by atoms with van der Waals surface area (Å²) in [7, 11) is 1.61. The van der Waals surface area contributed by atoms with Gasteiger partial charge in [0.05, 0.1) is 18.5 Å².